The number of nitrogens with zero attached hydrogens (tertiary/aromatic N) is 3. The molecule has 170 valence electrons. The highest BCUT2D eigenvalue weighted by Gasteiger charge is 2.43. The molecule has 0 bridgehead atoms. The lowest BCUT2D eigenvalue weighted by Crippen LogP contribution is -2.40. The highest BCUT2D eigenvalue weighted by molar-refractivity contribution is 8.14. The van der Waals surface area contributed by atoms with E-state index in [1.54, 1.807) is 31.4 Å². The van der Waals surface area contributed by atoms with E-state index in [2.05, 4.69) is 10.3 Å². The first-order chi connectivity index (χ1) is 16.5. The molecular formula is C26H22N4O3S. The van der Waals surface area contributed by atoms with Gasteiger partial charge in [0.1, 0.15) is 17.6 Å². The Bertz CT molecular complexity index is 1310. The third-order valence-corrected chi connectivity index (χ3v) is 6.69. The molecule has 2 aliphatic rings. The smallest absolute Gasteiger partial charge is 0.275 e. The lowest BCUT2D eigenvalue weighted by Gasteiger charge is -2.32. The number of thioether (sulfide) groups is 1. The van der Waals surface area contributed by atoms with Crippen LogP contribution in [0.3, 0.4) is 0 Å². The number of aliphatic imine (C=N–C) groups is 2. The first-order valence-electron chi connectivity index (χ1n) is 10.8. The van der Waals surface area contributed by atoms with Crippen molar-refractivity contribution in [2.24, 2.45) is 9.98 Å². The normalized spacial score (nSPS) is 17.3. The van der Waals surface area contributed by atoms with Crippen LogP contribution in [-0.4, -0.2) is 40.1 Å². The fourth-order valence-corrected chi connectivity index (χ4v) is 4.84. The minimum atomic E-state index is -0.618. The van der Waals surface area contributed by atoms with Crippen LogP contribution < -0.4 is 10.1 Å². The number of hydrogen-bond acceptors (Lipinski definition) is 6. The van der Waals surface area contributed by atoms with Gasteiger partial charge in [0.05, 0.1) is 18.0 Å². The molecule has 5 rings (SSSR count). The predicted molar refractivity (Wildman–Crippen MR) is 135 cm³/mol. The second-order valence-electron chi connectivity index (χ2n) is 7.85. The number of para-hydroxylation sites is 1. The van der Waals surface area contributed by atoms with Crippen molar-refractivity contribution >= 4 is 46.0 Å². The number of amides is 2. The van der Waals surface area contributed by atoms with Crippen LogP contribution >= 0.6 is 11.8 Å². The Hall–Kier alpha value is -3.91. The number of anilines is 1. The summed E-state index contributed by atoms with van der Waals surface area (Å²) in [6, 6.07) is 23.6. The molecule has 2 unspecified atom stereocenters. The van der Waals surface area contributed by atoms with Crippen molar-refractivity contribution in [3.8, 4) is 5.75 Å². The summed E-state index contributed by atoms with van der Waals surface area (Å²) < 4.78 is 5.17. The topological polar surface area (TPSA) is 83.4 Å². The average molecular weight is 471 g/mol. The van der Waals surface area contributed by atoms with Crippen molar-refractivity contribution in [1.82, 2.24) is 4.90 Å². The van der Waals surface area contributed by atoms with Crippen molar-refractivity contribution in [3.05, 3.63) is 90.0 Å². The molecule has 0 saturated carbocycles. The number of carbonyl (C=O) groups excluding carboxylic acids is 2. The van der Waals surface area contributed by atoms with Crippen molar-refractivity contribution in [1.29, 1.82) is 0 Å². The largest absolute Gasteiger partial charge is 0.497 e. The SMILES string of the molecule is COc1ccc(NC(=O)C(C)SC2=Nc3ccccc3C3=NC(=O)C(c4ccccc4)N23)cc1. The van der Waals surface area contributed by atoms with Crippen molar-refractivity contribution in [2.75, 3.05) is 12.4 Å². The van der Waals surface area contributed by atoms with Gasteiger partial charge in [0.25, 0.3) is 5.91 Å². The minimum absolute atomic E-state index is 0.169. The molecule has 0 saturated heterocycles. The van der Waals surface area contributed by atoms with Gasteiger partial charge in [-0.05, 0) is 48.9 Å². The summed E-state index contributed by atoms with van der Waals surface area (Å²) in [5, 5.41) is 3.02. The molecule has 3 aromatic carbocycles. The number of methoxy groups -OCH3 is 1. The Morgan fingerprint density at radius 1 is 1.00 bits per heavy atom. The molecule has 0 radical (unpaired) electrons. The number of fused-ring (bicyclic) bond motifs is 3. The van der Waals surface area contributed by atoms with Gasteiger partial charge in [0.2, 0.25) is 5.91 Å². The fraction of sp³-hybridized carbons (Fsp3) is 0.154. The molecule has 7 nitrogen and oxygen atoms in total. The third kappa shape index (κ3) is 4.08. The van der Waals surface area contributed by atoms with Gasteiger partial charge >= 0.3 is 0 Å². The molecule has 0 aliphatic carbocycles. The number of hydrogen-bond donors (Lipinski definition) is 1. The van der Waals surface area contributed by atoms with Gasteiger partial charge in [0.15, 0.2) is 5.17 Å². The van der Waals surface area contributed by atoms with Gasteiger partial charge in [0, 0.05) is 11.3 Å². The Kier molecular flexibility index (Phi) is 5.90. The zero-order valence-corrected chi connectivity index (χ0v) is 19.5. The molecule has 1 N–H and O–H groups in total. The molecule has 0 aromatic heterocycles. The Balaban J connectivity index is 1.44. The Labute approximate surface area is 201 Å². The summed E-state index contributed by atoms with van der Waals surface area (Å²) in [6.45, 7) is 1.82. The monoisotopic (exact) mass is 470 g/mol. The van der Waals surface area contributed by atoms with E-state index in [1.807, 2.05) is 66.4 Å². The molecule has 0 fully saturated rings. The van der Waals surface area contributed by atoms with Crippen molar-refractivity contribution < 1.29 is 14.3 Å². The van der Waals surface area contributed by atoms with Crippen molar-refractivity contribution in [2.45, 2.75) is 18.2 Å². The maximum Gasteiger partial charge on any atom is 0.275 e. The average Bonchev–Trinajstić information content (AvgIpc) is 3.22. The van der Waals surface area contributed by atoms with E-state index < -0.39 is 11.3 Å². The van der Waals surface area contributed by atoms with Crippen LogP contribution in [0.1, 0.15) is 24.1 Å². The first-order valence-corrected chi connectivity index (χ1v) is 11.7. The van der Waals surface area contributed by atoms with Gasteiger partial charge in [-0.25, -0.2) is 4.99 Å². The van der Waals surface area contributed by atoms with E-state index in [0.29, 0.717) is 22.4 Å². The van der Waals surface area contributed by atoms with Crippen LogP contribution in [0, 0.1) is 0 Å². The number of ether oxygens (including phenoxy) is 1. The molecular weight excluding hydrogens is 448 g/mol. The second-order valence-corrected chi connectivity index (χ2v) is 9.15. The van der Waals surface area contributed by atoms with Crippen LogP contribution in [0.5, 0.6) is 5.75 Å². The van der Waals surface area contributed by atoms with E-state index in [9.17, 15) is 9.59 Å². The fourth-order valence-electron chi connectivity index (χ4n) is 3.90. The second kappa shape index (κ2) is 9.15. The molecule has 8 heteroatoms. The zero-order valence-electron chi connectivity index (χ0n) is 18.6. The molecule has 34 heavy (non-hydrogen) atoms. The molecule has 2 heterocycles. The molecule has 2 aliphatic heterocycles. The van der Waals surface area contributed by atoms with E-state index in [4.69, 9.17) is 9.73 Å². The van der Waals surface area contributed by atoms with Crippen molar-refractivity contribution in [3.63, 3.8) is 0 Å². The number of carbonyl (C=O) groups is 2. The van der Waals surface area contributed by atoms with Crippen LogP contribution in [0.25, 0.3) is 0 Å². The van der Waals surface area contributed by atoms with Gasteiger partial charge in [-0.1, -0.05) is 54.2 Å². The molecule has 0 spiro atoms. The third-order valence-electron chi connectivity index (χ3n) is 5.63. The summed E-state index contributed by atoms with van der Waals surface area (Å²) in [6.07, 6.45) is 0. The molecule has 2 atom stereocenters. The standard InChI is InChI=1S/C26H22N4O3S/c1-16(24(31)27-18-12-14-19(33-2)15-13-18)34-26-28-21-11-7-6-10-20(21)23-29-25(32)22(30(23)26)17-8-4-3-5-9-17/h3-16,22H,1-2H3,(H,27,31). The summed E-state index contributed by atoms with van der Waals surface area (Å²) in [5.41, 5.74) is 3.03. The quantitative estimate of drug-likeness (QED) is 0.580. The van der Waals surface area contributed by atoms with E-state index in [0.717, 1.165) is 16.8 Å². The van der Waals surface area contributed by atoms with Crippen LogP contribution in [0.15, 0.2) is 88.8 Å². The first kappa shape index (κ1) is 21.9. The van der Waals surface area contributed by atoms with E-state index in [-0.39, 0.29) is 11.8 Å². The molecule has 3 aromatic rings. The number of amidine groups is 2. The van der Waals surface area contributed by atoms with Gasteiger partial charge < -0.3 is 10.1 Å². The van der Waals surface area contributed by atoms with Crippen LogP contribution in [0.2, 0.25) is 0 Å². The molecule has 2 amide bonds. The Morgan fingerprint density at radius 3 is 2.44 bits per heavy atom. The summed E-state index contributed by atoms with van der Waals surface area (Å²) >= 11 is 1.30. The van der Waals surface area contributed by atoms with Crippen LogP contribution in [-0.2, 0) is 9.59 Å². The van der Waals surface area contributed by atoms with Gasteiger partial charge in [-0.3, -0.25) is 14.5 Å². The maximum atomic E-state index is 13.0. The lowest BCUT2D eigenvalue weighted by atomic mass is 10.0. The van der Waals surface area contributed by atoms with E-state index >= 15 is 0 Å². The summed E-state index contributed by atoms with van der Waals surface area (Å²) in [4.78, 5) is 37.1. The summed E-state index contributed by atoms with van der Waals surface area (Å²) in [5.74, 6) is 0.862. The highest BCUT2D eigenvalue weighted by atomic mass is 32.2. The number of rotatable bonds is 5. The van der Waals surface area contributed by atoms with Gasteiger partial charge in [-0.15, -0.1) is 0 Å². The minimum Gasteiger partial charge on any atom is -0.497 e. The van der Waals surface area contributed by atoms with Gasteiger partial charge in [-0.2, -0.15) is 4.99 Å². The van der Waals surface area contributed by atoms with E-state index in [1.165, 1.54) is 11.8 Å². The number of nitrogens with one attached hydrogen (secondary N) is 1. The Morgan fingerprint density at radius 2 is 1.71 bits per heavy atom. The highest BCUT2D eigenvalue weighted by Crippen LogP contribution is 2.40. The maximum absolute atomic E-state index is 13.0. The zero-order chi connectivity index (χ0) is 23.7. The predicted octanol–water partition coefficient (Wildman–Crippen LogP) is 4.79. The number of benzene rings is 3. The van der Waals surface area contributed by atoms with Crippen LogP contribution in [0.4, 0.5) is 11.4 Å². The summed E-state index contributed by atoms with van der Waals surface area (Å²) in [7, 11) is 1.60. The lowest BCUT2D eigenvalue weighted by molar-refractivity contribution is -0.119.